The fourth-order valence-electron chi connectivity index (χ4n) is 2.56. The van der Waals surface area contributed by atoms with Crippen molar-refractivity contribution >= 4 is 27.8 Å². The smallest absolute Gasteiger partial charge is 0.241 e. The van der Waals surface area contributed by atoms with Crippen LogP contribution in [0.1, 0.15) is 25.3 Å². The number of amides is 1. The van der Waals surface area contributed by atoms with Crippen LogP contribution in [0.3, 0.4) is 0 Å². The molecular weight excluding hydrogens is 368 g/mol. The Morgan fingerprint density at radius 1 is 1.29 bits per heavy atom. The lowest BCUT2D eigenvalue weighted by Gasteiger charge is -2.33. The first-order chi connectivity index (χ1) is 11.5. The molecule has 1 aromatic rings. The molecule has 1 amide bonds. The van der Waals surface area contributed by atoms with Crippen molar-refractivity contribution in [3.63, 3.8) is 0 Å². The summed E-state index contributed by atoms with van der Waals surface area (Å²) in [6.07, 6.45) is 2.33. The minimum atomic E-state index is 0.0525. The van der Waals surface area contributed by atoms with Crippen molar-refractivity contribution in [3.05, 3.63) is 34.3 Å². The standard InChI is InChI=1S/C18H27BrN4O/c1-14-8-10-23(11-9-14)18(21-13-17(24)22(2)3)20-12-15-4-6-16(19)7-5-15/h4-7,14H,8-13H2,1-3H3,(H,20,21). The number of rotatable bonds is 4. The Morgan fingerprint density at radius 2 is 1.92 bits per heavy atom. The molecular formula is C18H27BrN4O. The number of guanidine groups is 1. The number of halogens is 1. The van der Waals surface area contributed by atoms with Gasteiger partial charge < -0.3 is 15.1 Å². The fraction of sp³-hybridized carbons (Fsp3) is 0.556. The molecule has 2 rings (SSSR count). The van der Waals surface area contributed by atoms with E-state index in [2.05, 4.69) is 45.2 Å². The molecule has 0 radical (unpaired) electrons. The Labute approximate surface area is 153 Å². The Bertz CT molecular complexity index is 563. The van der Waals surface area contributed by atoms with E-state index in [1.165, 1.54) is 12.8 Å². The number of nitrogens with zero attached hydrogens (tertiary/aromatic N) is 3. The summed E-state index contributed by atoms with van der Waals surface area (Å²) in [5.74, 6) is 1.65. The van der Waals surface area contributed by atoms with E-state index in [0.717, 1.165) is 35.0 Å². The van der Waals surface area contributed by atoms with Crippen LogP contribution in [-0.4, -0.2) is 55.4 Å². The van der Waals surface area contributed by atoms with Crippen molar-refractivity contribution in [3.8, 4) is 0 Å². The Morgan fingerprint density at radius 3 is 2.50 bits per heavy atom. The van der Waals surface area contributed by atoms with Crippen LogP contribution in [-0.2, 0) is 11.3 Å². The summed E-state index contributed by atoms with van der Waals surface area (Å²) in [7, 11) is 3.54. The summed E-state index contributed by atoms with van der Waals surface area (Å²) in [5.41, 5.74) is 1.15. The Kier molecular flexibility index (Phi) is 7.09. The van der Waals surface area contributed by atoms with E-state index in [9.17, 15) is 4.79 Å². The molecule has 1 fully saturated rings. The molecule has 1 saturated heterocycles. The van der Waals surface area contributed by atoms with E-state index in [1.807, 2.05) is 12.1 Å². The molecule has 0 saturated carbocycles. The van der Waals surface area contributed by atoms with E-state index >= 15 is 0 Å². The van der Waals surface area contributed by atoms with Gasteiger partial charge in [-0.25, -0.2) is 4.99 Å². The molecule has 0 atom stereocenters. The van der Waals surface area contributed by atoms with Crippen molar-refractivity contribution < 1.29 is 4.79 Å². The molecule has 132 valence electrons. The van der Waals surface area contributed by atoms with Crippen LogP contribution in [0.2, 0.25) is 0 Å². The quantitative estimate of drug-likeness (QED) is 0.630. The molecule has 1 heterocycles. The van der Waals surface area contributed by atoms with Crippen molar-refractivity contribution in [1.82, 2.24) is 15.1 Å². The lowest BCUT2D eigenvalue weighted by molar-refractivity contribution is -0.127. The first-order valence-electron chi connectivity index (χ1n) is 8.43. The van der Waals surface area contributed by atoms with E-state index in [0.29, 0.717) is 6.54 Å². The third-order valence-electron chi connectivity index (χ3n) is 4.30. The normalized spacial score (nSPS) is 16.2. The average molecular weight is 395 g/mol. The fourth-order valence-corrected chi connectivity index (χ4v) is 2.82. The number of carbonyl (C=O) groups excluding carboxylic acids is 1. The van der Waals surface area contributed by atoms with Gasteiger partial charge in [-0.05, 0) is 36.5 Å². The van der Waals surface area contributed by atoms with Gasteiger partial charge in [0.25, 0.3) is 0 Å². The highest BCUT2D eigenvalue weighted by molar-refractivity contribution is 9.10. The predicted octanol–water partition coefficient (Wildman–Crippen LogP) is 2.71. The number of nitrogens with one attached hydrogen (secondary N) is 1. The number of likely N-dealkylation sites (N-methyl/N-ethyl adjacent to an activating group) is 1. The van der Waals surface area contributed by atoms with Crippen LogP contribution < -0.4 is 5.32 Å². The number of benzene rings is 1. The second kappa shape index (κ2) is 9.06. The van der Waals surface area contributed by atoms with E-state index in [1.54, 1.807) is 19.0 Å². The maximum absolute atomic E-state index is 11.9. The number of piperidine rings is 1. The SMILES string of the molecule is CC1CCN(C(=NCc2ccc(Br)cc2)NCC(=O)N(C)C)CC1. The third-order valence-corrected chi connectivity index (χ3v) is 4.83. The lowest BCUT2D eigenvalue weighted by atomic mass is 9.99. The summed E-state index contributed by atoms with van der Waals surface area (Å²) in [6, 6.07) is 8.18. The van der Waals surface area contributed by atoms with Gasteiger partial charge in [0.2, 0.25) is 5.91 Å². The van der Waals surface area contributed by atoms with Crippen molar-refractivity contribution in [2.24, 2.45) is 10.9 Å². The van der Waals surface area contributed by atoms with Crippen LogP contribution >= 0.6 is 15.9 Å². The maximum atomic E-state index is 11.9. The minimum absolute atomic E-state index is 0.0525. The number of carbonyl (C=O) groups is 1. The molecule has 0 bridgehead atoms. The maximum Gasteiger partial charge on any atom is 0.241 e. The molecule has 0 aromatic heterocycles. The van der Waals surface area contributed by atoms with Gasteiger partial charge in [0, 0.05) is 31.7 Å². The van der Waals surface area contributed by atoms with Gasteiger partial charge in [0.1, 0.15) is 0 Å². The first-order valence-corrected chi connectivity index (χ1v) is 9.23. The number of aliphatic imine (C=N–C) groups is 1. The van der Waals surface area contributed by atoms with Crippen molar-refractivity contribution in [2.45, 2.75) is 26.3 Å². The molecule has 6 heteroatoms. The molecule has 1 aliphatic heterocycles. The van der Waals surface area contributed by atoms with Crippen molar-refractivity contribution in [2.75, 3.05) is 33.7 Å². The van der Waals surface area contributed by atoms with Crippen molar-refractivity contribution in [1.29, 1.82) is 0 Å². The van der Waals surface area contributed by atoms with Gasteiger partial charge in [0.15, 0.2) is 5.96 Å². The Hall–Kier alpha value is -1.56. The monoisotopic (exact) mass is 394 g/mol. The van der Waals surface area contributed by atoms with Gasteiger partial charge in [-0.1, -0.05) is 35.0 Å². The van der Waals surface area contributed by atoms with Gasteiger partial charge >= 0.3 is 0 Å². The molecule has 1 aromatic carbocycles. The molecule has 5 nitrogen and oxygen atoms in total. The van der Waals surface area contributed by atoms with Crippen LogP contribution in [0.15, 0.2) is 33.7 Å². The second-order valence-electron chi connectivity index (χ2n) is 6.58. The Balaban J connectivity index is 2.04. The van der Waals surface area contributed by atoms with Crippen LogP contribution in [0.5, 0.6) is 0 Å². The number of hydrogen-bond donors (Lipinski definition) is 1. The van der Waals surface area contributed by atoms with E-state index < -0.39 is 0 Å². The molecule has 0 spiro atoms. The van der Waals surface area contributed by atoms with E-state index in [-0.39, 0.29) is 12.5 Å². The summed E-state index contributed by atoms with van der Waals surface area (Å²) >= 11 is 3.45. The van der Waals surface area contributed by atoms with Gasteiger partial charge in [-0.3, -0.25) is 4.79 Å². The zero-order chi connectivity index (χ0) is 17.5. The van der Waals surface area contributed by atoms with E-state index in [4.69, 9.17) is 4.99 Å². The highest BCUT2D eigenvalue weighted by atomic mass is 79.9. The summed E-state index contributed by atoms with van der Waals surface area (Å²) in [5, 5.41) is 3.24. The van der Waals surface area contributed by atoms with Crippen LogP contribution in [0, 0.1) is 5.92 Å². The average Bonchev–Trinajstić information content (AvgIpc) is 2.57. The zero-order valence-electron chi connectivity index (χ0n) is 14.8. The minimum Gasteiger partial charge on any atom is -0.347 e. The molecule has 1 N–H and O–H groups in total. The van der Waals surface area contributed by atoms with Gasteiger partial charge in [-0.2, -0.15) is 0 Å². The second-order valence-corrected chi connectivity index (χ2v) is 7.49. The van der Waals surface area contributed by atoms with Gasteiger partial charge in [0.05, 0.1) is 13.1 Å². The largest absolute Gasteiger partial charge is 0.347 e. The molecule has 0 aliphatic carbocycles. The van der Waals surface area contributed by atoms with Gasteiger partial charge in [-0.15, -0.1) is 0 Å². The highest BCUT2D eigenvalue weighted by Gasteiger charge is 2.19. The number of likely N-dealkylation sites (tertiary alicyclic amines) is 1. The van der Waals surface area contributed by atoms with Crippen LogP contribution in [0.4, 0.5) is 0 Å². The topological polar surface area (TPSA) is 47.9 Å². The molecule has 0 unspecified atom stereocenters. The zero-order valence-corrected chi connectivity index (χ0v) is 16.3. The summed E-state index contributed by atoms with van der Waals surface area (Å²) in [4.78, 5) is 20.5. The number of hydrogen-bond acceptors (Lipinski definition) is 2. The highest BCUT2D eigenvalue weighted by Crippen LogP contribution is 2.16. The third kappa shape index (κ3) is 5.82. The summed E-state index contributed by atoms with van der Waals surface area (Å²) in [6.45, 7) is 5.15. The summed E-state index contributed by atoms with van der Waals surface area (Å²) < 4.78 is 1.06. The van der Waals surface area contributed by atoms with Crippen LogP contribution in [0.25, 0.3) is 0 Å². The molecule has 24 heavy (non-hydrogen) atoms. The first kappa shape index (κ1) is 18.8. The predicted molar refractivity (Wildman–Crippen MR) is 102 cm³/mol. The molecule has 1 aliphatic rings. The lowest BCUT2D eigenvalue weighted by Crippen LogP contribution is -2.48.